The van der Waals surface area contributed by atoms with Gasteiger partial charge in [0.15, 0.2) is 0 Å². The molecule has 0 aliphatic heterocycles. The SMILES string of the molecule is Cc1cc(C#CC2CC2)ccc1/C(C=NCc1nccn1C)=N/N. The summed E-state index contributed by atoms with van der Waals surface area (Å²) in [6, 6.07) is 6.09. The Balaban J connectivity index is 1.73. The van der Waals surface area contributed by atoms with Crippen molar-refractivity contribution in [3.63, 3.8) is 0 Å². The Morgan fingerprint density at radius 2 is 2.29 bits per heavy atom. The van der Waals surface area contributed by atoms with E-state index in [1.54, 1.807) is 12.4 Å². The van der Waals surface area contributed by atoms with Gasteiger partial charge in [0.25, 0.3) is 0 Å². The third-order valence-electron chi connectivity index (χ3n) is 4.01. The quantitative estimate of drug-likeness (QED) is 0.407. The lowest BCUT2D eigenvalue weighted by Crippen LogP contribution is -2.09. The van der Waals surface area contributed by atoms with E-state index in [1.165, 1.54) is 12.8 Å². The molecule has 5 heteroatoms. The Morgan fingerprint density at radius 3 is 2.92 bits per heavy atom. The van der Waals surface area contributed by atoms with E-state index in [2.05, 4.69) is 33.0 Å². The van der Waals surface area contributed by atoms with Crippen LogP contribution in [0.2, 0.25) is 0 Å². The van der Waals surface area contributed by atoms with Crippen LogP contribution in [0, 0.1) is 24.7 Å². The summed E-state index contributed by atoms with van der Waals surface area (Å²) >= 11 is 0. The highest BCUT2D eigenvalue weighted by Crippen LogP contribution is 2.27. The molecule has 1 fully saturated rings. The highest BCUT2D eigenvalue weighted by molar-refractivity contribution is 6.38. The molecule has 0 amide bonds. The third-order valence-corrected chi connectivity index (χ3v) is 4.01. The molecule has 3 rings (SSSR count). The summed E-state index contributed by atoms with van der Waals surface area (Å²) in [5.41, 5.74) is 3.75. The second kappa shape index (κ2) is 7.14. The maximum absolute atomic E-state index is 5.56. The van der Waals surface area contributed by atoms with Gasteiger partial charge in [-0.25, -0.2) is 4.98 Å². The Kier molecular flexibility index (Phi) is 4.76. The summed E-state index contributed by atoms with van der Waals surface area (Å²) in [4.78, 5) is 8.65. The van der Waals surface area contributed by atoms with E-state index in [9.17, 15) is 0 Å². The Bertz CT molecular complexity index is 844. The molecule has 1 aliphatic carbocycles. The van der Waals surface area contributed by atoms with Crippen LogP contribution in [0.25, 0.3) is 0 Å². The molecule has 2 N–H and O–H groups in total. The van der Waals surface area contributed by atoms with Crippen LogP contribution in [-0.2, 0) is 13.6 Å². The fourth-order valence-electron chi connectivity index (χ4n) is 2.38. The van der Waals surface area contributed by atoms with Crippen LogP contribution in [-0.4, -0.2) is 21.5 Å². The average Bonchev–Trinajstić information content (AvgIpc) is 3.32. The van der Waals surface area contributed by atoms with Crippen LogP contribution in [0.4, 0.5) is 0 Å². The number of imidazole rings is 1. The molecule has 0 bridgehead atoms. The van der Waals surface area contributed by atoms with Gasteiger partial charge in [-0.2, -0.15) is 5.10 Å². The molecule has 0 spiro atoms. The molecule has 24 heavy (non-hydrogen) atoms. The molecule has 1 aromatic carbocycles. The zero-order chi connectivity index (χ0) is 16.9. The van der Waals surface area contributed by atoms with Gasteiger partial charge < -0.3 is 10.4 Å². The average molecular weight is 319 g/mol. The summed E-state index contributed by atoms with van der Waals surface area (Å²) in [6.07, 6.45) is 7.83. The predicted octanol–water partition coefficient (Wildman–Crippen LogP) is 2.42. The number of hydrogen-bond donors (Lipinski definition) is 1. The molecule has 1 aromatic heterocycles. The molecular weight excluding hydrogens is 298 g/mol. The van der Waals surface area contributed by atoms with Crippen molar-refractivity contribution < 1.29 is 0 Å². The van der Waals surface area contributed by atoms with Crippen LogP contribution in [0.5, 0.6) is 0 Å². The highest BCUT2D eigenvalue weighted by atomic mass is 15.1. The van der Waals surface area contributed by atoms with Crippen molar-refractivity contribution in [2.45, 2.75) is 26.3 Å². The maximum Gasteiger partial charge on any atom is 0.130 e. The molecular formula is C19H21N5. The van der Waals surface area contributed by atoms with Crippen LogP contribution >= 0.6 is 0 Å². The first-order valence-corrected chi connectivity index (χ1v) is 8.04. The summed E-state index contributed by atoms with van der Waals surface area (Å²) < 4.78 is 1.94. The number of aromatic nitrogens is 2. The Labute approximate surface area is 142 Å². The van der Waals surface area contributed by atoms with Crippen molar-refractivity contribution in [2.75, 3.05) is 0 Å². The second-order valence-corrected chi connectivity index (χ2v) is 6.01. The molecule has 0 radical (unpaired) electrons. The number of benzene rings is 1. The molecule has 0 unspecified atom stereocenters. The maximum atomic E-state index is 5.56. The minimum atomic E-state index is 0.493. The molecule has 122 valence electrons. The zero-order valence-corrected chi connectivity index (χ0v) is 14.0. The van der Waals surface area contributed by atoms with Gasteiger partial charge in [0, 0.05) is 42.7 Å². The molecule has 2 aromatic rings. The van der Waals surface area contributed by atoms with Crippen LogP contribution in [0.15, 0.2) is 40.7 Å². The van der Waals surface area contributed by atoms with Crippen molar-refractivity contribution in [2.24, 2.45) is 28.9 Å². The number of nitrogens with two attached hydrogens (primary N) is 1. The van der Waals surface area contributed by atoms with E-state index >= 15 is 0 Å². The molecule has 0 atom stereocenters. The van der Waals surface area contributed by atoms with Crippen LogP contribution in [0.3, 0.4) is 0 Å². The summed E-state index contributed by atoms with van der Waals surface area (Å²) in [5.74, 6) is 13.6. The summed E-state index contributed by atoms with van der Waals surface area (Å²) in [5, 5.41) is 3.88. The van der Waals surface area contributed by atoms with Crippen molar-refractivity contribution in [1.29, 1.82) is 0 Å². The number of rotatable bonds is 4. The standard InChI is InChI=1S/C19H21N5/c1-14-11-16(6-5-15-3-4-15)7-8-17(14)18(23-20)12-21-13-19-22-9-10-24(19)2/h7-12,15H,3-4,13,20H2,1-2H3/b21-12?,23-18+. The number of hydrazone groups is 1. The van der Waals surface area contributed by atoms with Crippen LogP contribution in [0.1, 0.15) is 35.4 Å². The lowest BCUT2D eigenvalue weighted by atomic mass is 10.0. The van der Waals surface area contributed by atoms with Crippen molar-refractivity contribution in [1.82, 2.24) is 9.55 Å². The number of aryl methyl sites for hydroxylation is 2. The van der Waals surface area contributed by atoms with Gasteiger partial charge in [-0.1, -0.05) is 17.9 Å². The predicted molar refractivity (Wildman–Crippen MR) is 96.9 cm³/mol. The van der Waals surface area contributed by atoms with E-state index in [1.807, 2.05) is 36.9 Å². The van der Waals surface area contributed by atoms with E-state index < -0.39 is 0 Å². The molecule has 1 saturated carbocycles. The number of nitrogens with zero attached hydrogens (tertiary/aromatic N) is 4. The summed E-state index contributed by atoms with van der Waals surface area (Å²) in [7, 11) is 1.95. The fourth-order valence-corrected chi connectivity index (χ4v) is 2.38. The largest absolute Gasteiger partial charge is 0.336 e. The lowest BCUT2D eigenvalue weighted by Gasteiger charge is -2.05. The first-order chi connectivity index (χ1) is 11.7. The van der Waals surface area contributed by atoms with Crippen molar-refractivity contribution in [3.05, 3.63) is 53.1 Å². The van der Waals surface area contributed by atoms with E-state index in [0.29, 0.717) is 18.2 Å². The van der Waals surface area contributed by atoms with Crippen molar-refractivity contribution in [3.8, 4) is 11.8 Å². The first-order valence-electron chi connectivity index (χ1n) is 8.04. The lowest BCUT2D eigenvalue weighted by molar-refractivity contribution is 0.796. The van der Waals surface area contributed by atoms with Gasteiger partial charge in [0.05, 0.1) is 6.54 Å². The van der Waals surface area contributed by atoms with Gasteiger partial charge >= 0.3 is 0 Å². The Hall–Kier alpha value is -2.87. The minimum Gasteiger partial charge on any atom is -0.336 e. The zero-order valence-electron chi connectivity index (χ0n) is 14.0. The highest BCUT2D eigenvalue weighted by Gasteiger charge is 2.17. The normalized spacial score (nSPS) is 14.7. The molecule has 1 aliphatic rings. The molecule has 5 nitrogen and oxygen atoms in total. The first kappa shape index (κ1) is 16.0. The van der Waals surface area contributed by atoms with E-state index in [0.717, 1.165) is 22.5 Å². The van der Waals surface area contributed by atoms with Crippen molar-refractivity contribution >= 4 is 11.9 Å². The smallest absolute Gasteiger partial charge is 0.130 e. The minimum absolute atomic E-state index is 0.493. The monoisotopic (exact) mass is 319 g/mol. The molecule has 1 heterocycles. The Morgan fingerprint density at radius 1 is 1.46 bits per heavy atom. The van der Waals surface area contributed by atoms with E-state index in [-0.39, 0.29) is 0 Å². The number of aliphatic imine (C=N–C) groups is 1. The van der Waals surface area contributed by atoms with Gasteiger partial charge in [0.1, 0.15) is 11.5 Å². The molecule has 0 saturated heterocycles. The summed E-state index contributed by atoms with van der Waals surface area (Å²) in [6.45, 7) is 2.53. The fraction of sp³-hybridized carbons (Fsp3) is 0.316. The van der Waals surface area contributed by atoms with Gasteiger partial charge in [-0.3, -0.25) is 4.99 Å². The third kappa shape index (κ3) is 3.90. The van der Waals surface area contributed by atoms with Gasteiger partial charge in [-0.15, -0.1) is 0 Å². The second-order valence-electron chi connectivity index (χ2n) is 6.01. The van der Waals surface area contributed by atoms with Gasteiger partial charge in [-0.05, 0) is 37.5 Å². The van der Waals surface area contributed by atoms with E-state index in [4.69, 9.17) is 5.84 Å². The van der Waals surface area contributed by atoms with Crippen LogP contribution < -0.4 is 5.84 Å². The van der Waals surface area contributed by atoms with Gasteiger partial charge in [0.2, 0.25) is 0 Å². The topological polar surface area (TPSA) is 68.6 Å². The number of hydrogen-bond acceptors (Lipinski definition) is 4.